The van der Waals surface area contributed by atoms with Crippen molar-refractivity contribution in [1.82, 2.24) is 4.31 Å². The fourth-order valence-electron chi connectivity index (χ4n) is 3.03. The summed E-state index contributed by atoms with van der Waals surface area (Å²) in [4.78, 5) is 13.9. The second-order valence-corrected chi connectivity index (χ2v) is 7.98. The highest BCUT2D eigenvalue weighted by atomic mass is 32.2. The summed E-state index contributed by atoms with van der Waals surface area (Å²) in [6.45, 7) is 3.73. The molecule has 2 fully saturated rings. The molecular formula is C16H22N2O4S. The molecular weight excluding hydrogens is 316 g/mol. The summed E-state index contributed by atoms with van der Waals surface area (Å²) in [5, 5.41) is 0. The van der Waals surface area contributed by atoms with E-state index in [1.54, 1.807) is 29.2 Å². The second kappa shape index (κ2) is 6.59. The number of hydrogen-bond donors (Lipinski definition) is 0. The lowest BCUT2D eigenvalue weighted by molar-refractivity contribution is -0.119. The summed E-state index contributed by atoms with van der Waals surface area (Å²) < 4.78 is 32.2. The highest BCUT2D eigenvalue weighted by Gasteiger charge is 2.29. The van der Waals surface area contributed by atoms with Gasteiger partial charge in [0.25, 0.3) is 0 Å². The van der Waals surface area contributed by atoms with Crippen LogP contribution >= 0.6 is 0 Å². The normalized spacial score (nSPS) is 24.0. The standard InChI is InChI=1S/C16H22N2O4S/c1-13-12-17(10-11-22-13)23(20,21)15-7-5-14(6-8-15)18-9-3-2-4-16(18)19/h5-8,13H,2-4,9-12H2,1H3. The average Bonchev–Trinajstić information content (AvgIpc) is 2.55. The van der Waals surface area contributed by atoms with Crippen molar-refractivity contribution in [2.75, 3.05) is 31.1 Å². The van der Waals surface area contributed by atoms with Gasteiger partial charge in [0.1, 0.15) is 0 Å². The van der Waals surface area contributed by atoms with Crippen LogP contribution in [0.15, 0.2) is 29.2 Å². The summed E-state index contributed by atoms with van der Waals surface area (Å²) in [5.74, 6) is 0.105. The lowest BCUT2D eigenvalue weighted by atomic mass is 10.1. The van der Waals surface area contributed by atoms with Crippen LogP contribution in [0.1, 0.15) is 26.2 Å². The van der Waals surface area contributed by atoms with Gasteiger partial charge < -0.3 is 9.64 Å². The number of nitrogens with zero attached hydrogens (tertiary/aromatic N) is 2. The molecule has 126 valence electrons. The first-order chi connectivity index (χ1) is 11.0. The van der Waals surface area contributed by atoms with Crippen molar-refractivity contribution in [3.8, 4) is 0 Å². The van der Waals surface area contributed by atoms with Crippen LogP contribution in [-0.4, -0.2) is 51.0 Å². The van der Waals surface area contributed by atoms with E-state index in [-0.39, 0.29) is 16.9 Å². The van der Waals surface area contributed by atoms with Gasteiger partial charge in [0.2, 0.25) is 15.9 Å². The van der Waals surface area contributed by atoms with E-state index < -0.39 is 10.0 Å². The molecule has 0 aliphatic carbocycles. The van der Waals surface area contributed by atoms with Crippen LogP contribution < -0.4 is 4.90 Å². The number of morpholine rings is 1. The first kappa shape index (κ1) is 16.4. The van der Waals surface area contributed by atoms with Gasteiger partial charge >= 0.3 is 0 Å². The molecule has 0 aromatic heterocycles. The number of piperidine rings is 1. The van der Waals surface area contributed by atoms with E-state index in [0.29, 0.717) is 32.7 Å². The maximum Gasteiger partial charge on any atom is 0.243 e. The van der Waals surface area contributed by atoms with Gasteiger partial charge in [0.05, 0.1) is 17.6 Å². The van der Waals surface area contributed by atoms with Crippen LogP contribution in [0.2, 0.25) is 0 Å². The third-order valence-corrected chi connectivity index (χ3v) is 6.19. The van der Waals surface area contributed by atoms with Crippen molar-refractivity contribution in [3.05, 3.63) is 24.3 Å². The van der Waals surface area contributed by atoms with Gasteiger partial charge in [-0.25, -0.2) is 8.42 Å². The number of hydrogen-bond acceptors (Lipinski definition) is 4. The van der Waals surface area contributed by atoms with Crippen LogP contribution in [0.3, 0.4) is 0 Å². The summed E-state index contributed by atoms with van der Waals surface area (Å²) >= 11 is 0. The molecule has 23 heavy (non-hydrogen) atoms. The van der Waals surface area contributed by atoms with Crippen LogP contribution in [0.5, 0.6) is 0 Å². The van der Waals surface area contributed by atoms with Crippen molar-refractivity contribution in [1.29, 1.82) is 0 Å². The molecule has 3 rings (SSSR count). The van der Waals surface area contributed by atoms with E-state index >= 15 is 0 Å². The predicted molar refractivity (Wildman–Crippen MR) is 86.8 cm³/mol. The molecule has 2 aliphatic rings. The van der Waals surface area contributed by atoms with E-state index in [2.05, 4.69) is 0 Å². The first-order valence-corrected chi connectivity index (χ1v) is 9.45. The molecule has 2 saturated heterocycles. The summed E-state index contributed by atoms with van der Waals surface area (Å²) in [6, 6.07) is 6.62. The Morgan fingerprint density at radius 1 is 1.13 bits per heavy atom. The van der Waals surface area contributed by atoms with Crippen molar-refractivity contribution >= 4 is 21.6 Å². The van der Waals surface area contributed by atoms with Crippen LogP contribution in [-0.2, 0) is 19.6 Å². The third kappa shape index (κ3) is 3.41. The number of ether oxygens (including phenoxy) is 1. The van der Waals surface area contributed by atoms with Gasteiger partial charge in [-0.3, -0.25) is 4.79 Å². The maximum absolute atomic E-state index is 12.7. The topological polar surface area (TPSA) is 66.9 Å². The molecule has 7 heteroatoms. The summed E-state index contributed by atoms with van der Waals surface area (Å²) in [6.07, 6.45) is 2.38. The number of anilines is 1. The summed E-state index contributed by atoms with van der Waals surface area (Å²) in [7, 11) is -3.51. The van der Waals surface area contributed by atoms with E-state index in [4.69, 9.17) is 4.74 Å². The molecule has 2 aliphatic heterocycles. The minimum absolute atomic E-state index is 0.0937. The number of sulfonamides is 1. The molecule has 0 radical (unpaired) electrons. The highest BCUT2D eigenvalue weighted by Crippen LogP contribution is 2.24. The smallest absolute Gasteiger partial charge is 0.243 e. The predicted octanol–water partition coefficient (Wildman–Crippen LogP) is 1.61. The molecule has 6 nitrogen and oxygen atoms in total. The Morgan fingerprint density at radius 2 is 1.87 bits per heavy atom. The zero-order chi connectivity index (χ0) is 16.4. The Balaban J connectivity index is 1.79. The monoisotopic (exact) mass is 338 g/mol. The van der Waals surface area contributed by atoms with Crippen LogP contribution in [0.4, 0.5) is 5.69 Å². The Bertz CT molecular complexity index is 672. The number of benzene rings is 1. The van der Waals surface area contributed by atoms with Crippen molar-refractivity contribution in [2.24, 2.45) is 0 Å². The highest BCUT2D eigenvalue weighted by molar-refractivity contribution is 7.89. The van der Waals surface area contributed by atoms with Gasteiger partial charge in [-0.05, 0) is 44.0 Å². The van der Waals surface area contributed by atoms with Crippen LogP contribution in [0.25, 0.3) is 0 Å². The van der Waals surface area contributed by atoms with Crippen molar-refractivity contribution in [3.63, 3.8) is 0 Å². The molecule has 0 spiro atoms. The Kier molecular flexibility index (Phi) is 4.70. The van der Waals surface area contributed by atoms with Crippen molar-refractivity contribution in [2.45, 2.75) is 37.2 Å². The largest absolute Gasteiger partial charge is 0.376 e. The van der Waals surface area contributed by atoms with Gasteiger partial charge in [0, 0.05) is 31.7 Å². The molecule has 0 bridgehead atoms. The molecule has 0 saturated carbocycles. The Morgan fingerprint density at radius 3 is 2.52 bits per heavy atom. The van der Waals surface area contributed by atoms with E-state index in [0.717, 1.165) is 18.5 Å². The van der Waals surface area contributed by atoms with Gasteiger partial charge in [-0.15, -0.1) is 0 Å². The van der Waals surface area contributed by atoms with Crippen molar-refractivity contribution < 1.29 is 17.9 Å². The maximum atomic E-state index is 12.7. The quantitative estimate of drug-likeness (QED) is 0.840. The average molecular weight is 338 g/mol. The second-order valence-electron chi connectivity index (χ2n) is 6.04. The number of carbonyl (C=O) groups excluding carboxylic acids is 1. The first-order valence-electron chi connectivity index (χ1n) is 8.00. The van der Waals surface area contributed by atoms with Crippen LogP contribution in [0, 0.1) is 0 Å². The number of carbonyl (C=O) groups is 1. The minimum atomic E-state index is -3.51. The van der Waals surface area contributed by atoms with Gasteiger partial charge in [0.15, 0.2) is 0 Å². The van der Waals surface area contributed by atoms with E-state index in [1.807, 2.05) is 6.92 Å². The Hall–Kier alpha value is -1.44. The summed E-state index contributed by atoms with van der Waals surface area (Å²) in [5.41, 5.74) is 0.768. The fourth-order valence-corrected chi connectivity index (χ4v) is 4.53. The van der Waals surface area contributed by atoms with Gasteiger partial charge in [-0.2, -0.15) is 4.31 Å². The van der Waals surface area contributed by atoms with E-state index in [1.165, 1.54) is 4.31 Å². The van der Waals surface area contributed by atoms with E-state index in [9.17, 15) is 13.2 Å². The zero-order valence-electron chi connectivity index (χ0n) is 13.3. The van der Waals surface area contributed by atoms with Gasteiger partial charge in [-0.1, -0.05) is 0 Å². The lowest BCUT2D eigenvalue weighted by Crippen LogP contribution is -2.44. The molecule has 1 aromatic carbocycles. The SMILES string of the molecule is CC1CN(S(=O)(=O)c2ccc(N3CCCCC3=O)cc2)CCO1. The third-order valence-electron chi connectivity index (χ3n) is 4.31. The molecule has 0 N–H and O–H groups in total. The lowest BCUT2D eigenvalue weighted by Gasteiger charge is -2.30. The molecule has 2 heterocycles. The number of amides is 1. The minimum Gasteiger partial charge on any atom is -0.376 e. The molecule has 1 unspecified atom stereocenters. The molecule has 1 atom stereocenters. The number of rotatable bonds is 3. The fraction of sp³-hybridized carbons (Fsp3) is 0.562. The molecule has 1 amide bonds. The Labute approximate surface area is 137 Å². The molecule has 1 aromatic rings. The zero-order valence-corrected chi connectivity index (χ0v) is 14.1.